The third-order valence-corrected chi connectivity index (χ3v) is 3.49. The first-order valence-corrected chi connectivity index (χ1v) is 7.11. The third-order valence-electron chi connectivity index (χ3n) is 3.49. The lowest BCUT2D eigenvalue weighted by Crippen LogP contribution is -2.33. The Morgan fingerprint density at radius 1 is 1.00 bits per heavy atom. The van der Waals surface area contributed by atoms with Crippen LogP contribution in [0, 0.1) is 0 Å². The Balaban J connectivity index is 0.00000200. The Hall–Kier alpha value is -1.25. The molecule has 0 aliphatic rings. The van der Waals surface area contributed by atoms with Gasteiger partial charge in [-0.2, -0.15) is 0 Å². The molecule has 3 heteroatoms. The first kappa shape index (κ1) is 16.8. The number of nitrogens with zero attached hydrogens (tertiary/aromatic N) is 1. The standard InChI is InChI=1S/C17H23NO.ClH/c1-4-18(5-2)13-14(3)19-17-12-8-10-15-9-6-7-11-16(15)17;/h6-12,14H,4-5,13H2,1-3H3;1H. The van der Waals surface area contributed by atoms with Crippen LogP contribution >= 0.6 is 12.4 Å². The summed E-state index contributed by atoms with van der Waals surface area (Å²) >= 11 is 0. The van der Waals surface area contributed by atoms with Crippen molar-refractivity contribution in [2.45, 2.75) is 26.9 Å². The monoisotopic (exact) mass is 293 g/mol. The van der Waals surface area contributed by atoms with Gasteiger partial charge in [-0.15, -0.1) is 12.4 Å². The Kier molecular flexibility index (Phi) is 6.83. The molecule has 0 bridgehead atoms. The first-order chi connectivity index (χ1) is 9.24. The lowest BCUT2D eigenvalue weighted by Gasteiger charge is -2.24. The van der Waals surface area contributed by atoms with Crippen LogP contribution in [0.15, 0.2) is 42.5 Å². The summed E-state index contributed by atoms with van der Waals surface area (Å²) in [7, 11) is 0. The Morgan fingerprint density at radius 2 is 1.65 bits per heavy atom. The van der Waals surface area contributed by atoms with Crippen molar-refractivity contribution in [2.75, 3.05) is 19.6 Å². The van der Waals surface area contributed by atoms with Gasteiger partial charge in [-0.25, -0.2) is 0 Å². The van der Waals surface area contributed by atoms with Gasteiger partial charge in [0.15, 0.2) is 0 Å². The molecule has 1 unspecified atom stereocenters. The zero-order chi connectivity index (χ0) is 13.7. The number of ether oxygens (including phenoxy) is 1. The lowest BCUT2D eigenvalue weighted by atomic mass is 10.1. The van der Waals surface area contributed by atoms with Gasteiger partial charge in [0.2, 0.25) is 0 Å². The Morgan fingerprint density at radius 3 is 2.35 bits per heavy atom. The molecule has 20 heavy (non-hydrogen) atoms. The molecule has 0 radical (unpaired) electrons. The molecule has 0 heterocycles. The summed E-state index contributed by atoms with van der Waals surface area (Å²) in [5.41, 5.74) is 0. The van der Waals surface area contributed by atoms with Crippen LogP contribution < -0.4 is 4.74 Å². The lowest BCUT2D eigenvalue weighted by molar-refractivity contribution is 0.154. The number of benzene rings is 2. The SMILES string of the molecule is CCN(CC)CC(C)Oc1cccc2ccccc12.Cl. The second-order valence-electron chi connectivity index (χ2n) is 4.89. The highest BCUT2D eigenvalue weighted by Gasteiger charge is 2.10. The van der Waals surface area contributed by atoms with Crippen LogP contribution in [0.3, 0.4) is 0 Å². The largest absolute Gasteiger partial charge is 0.489 e. The maximum absolute atomic E-state index is 6.12. The van der Waals surface area contributed by atoms with Crippen molar-refractivity contribution in [2.24, 2.45) is 0 Å². The minimum Gasteiger partial charge on any atom is -0.489 e. The zero-order valence-electron chi connectivity index (χ0n) is 12.5. The summed E-state index contributed by atoms with van der Waals surface area (Å²) in [4.78, 5) is 2.38. The molecule has 0 saturated heterocycles. The highest BCUT2D eigenvalue weighted by atomic mass is 35.5. The number of hydrogen-bond donors (Lipinski definition) is 0. The summed E-state index contributed by atoms with van der Waals surface area (Å²) in [5.74, 6) is 0.984. The molecule has 2 rings (SSSR count). The van der Waals surface area contributed by atoms with Crippen molar-refractivity contribution < 1.29 is 4.74 Å². The summed E-state index contributed by atoms with van der Waals surface area (Å²) in [6, 6.07) is 14.6. The van der Waals surface area contributed by atoms with Gasteiger partial charge in [0.05, 0.1) is 0 Å². The van der Waals surface area contributed by atoms with E-state index in [1.165, 1.54) is 10.8 Å². The van der Waals surface area contributed by atoms with Gasteiger partial charge in [0.25, 0.3) is 0 Å². The molecule has 0 amide bonds. The van der Waals surface area contributed by atoms with E-state index in [9.17, 15) is 0 Å². The highest BCUT2D eigenvalue weighted by molar-refractivity contribution is 5.88. The van der Waals surface area contributed by atoms with Crippen molar-refractivity contribution in [3.05, 3.63) is 42.5 Å². The van der Waals surface area contributed by atoms with Crippen molar-refractivity contribution in [3.63, 3.8) is 0 Å². The molecular weight excluding hydrogens is 270 g/mol. The zero-order valence-corrected chi connectivity index (χ0v) is 13.3. The number of rotatable bonds is 6. The first-order valence-electron chi connectivity index (χ1n) is 7.11. The van der Waals surface area contributed by atoms with Crippen LogP contribution in [-0.4, -0.2) is 30.6 Å². The Bertz CT molecular complexity index is 520. The number of hydrogen-bond acceptors (Lipinski definition) is 2. The van der Waals surface area contributed by atoms with Gasteiger partial charge in [0, 0.05) is 11.9 Å². The predicted octanol–water partition coefficient (Wildman–Crippen LogP) is 4.37. The molecule has 0 spiro atoms. The molecule has 2 aromatic carbocycles. The average Bonchev–Trinajstić information content (AvgIpc) is 2.45. The fourth-order valence-electron chi connectivity index (χ4n) is 2.40. The smallest absolute Gasteiger partial charge is 0.127 e. The fraction of sp³-hybridized carbons (Fsp3) is 0.412. The highest BCUT2D eigenvalue weighted by Crippen LogP contribution is 2.26. The van der Waals surface area contributed by atoms with Crippen molar-refractivity contribution in [1.82, 2.24) is 4.90 Å². The van der Waals surface area contributed by atoms with Crippen LogP contribution in [0.4, 0.5) is 0 Å². The number of fused-ring (bicyclic) bond motifs is 1. The molecule has 0 N–H and O–H groups in total. The van der Waals surface area contributed by atoms with E-state index in [0.717, 1.165) is 25.4 Å². The molecule has 0 aliphatic heterocycles. The summed E-state index contributed by atoms with van der Waals surface area (Å²) in [5, 5.41) is 2.42. The van der Waals surface area contributed by atoms with E-state index in [2.05, 4.69) is 68.1 Å². The van der Waals surface area contributed by atoms with E-state index < -0.39 is 0 Å². The van der Waals surface area contributed by atoms with E-state index in [-0.39, 0.29) is 18.5 Å². The van der Waals surface area contributed by atoms with E-state index in [0.29, 0.717) is 0 Å². The molecule has 0 fully saturated rings. The minimum absolute atomic E-state index is 0. The maximum Gasteiger partial charge on any atom is 0.127 e. The summed E-state index contributed by atoms with van der Waals surface area (Å²) in [6.07, 6.45) is 0.200. The van der Waals surface area contributed by atoms with Gasteiger partial charge in [-0.3, -0.25) is 0 Å². The fourth-order valence-corrected chi connectivity index (χ4v) is 2.40. The van der Waals surface area contributed by atoms with Crippen LogP contribution in [-0.2, 0) is 0 Å². The van der Waals surface area contributed by atoms with Crippen molar-refractivity contribution >= 4 is 23.2 Å². The number of likely N-dealkylation sites (N-methyl/N-ethyl adjacent to an activating group) is 1. The van der Waals surface area contributed by atoms with Crippen LogP contribution in [0.2, 0.25) is 0 Å². The van der Waals surface area contributed by atoms with E-state index in [1.807, 2.05) is 0 Å². The van der Waals surface area contributed by atoms with Gasteiger partial charge >= 0.3 is 0 Å². The van der Waals surface area contributed by atoms with Gasteiger partial charge in [-0.05, 0) is 31.5 Å². The van der Waals surface area contributed by atoms with E-state index in [4.69, 9.17) is 4.74 Å². The molecule has 2 aromatic rings. The topological polar surface area (TPSA) is 12.5 Å². The summed E-state index contributed by atoms with van der Waals surface area (Å²) in [6.45, 7) is 9.62. The second-order valence-corrected chi connectivity index (χ2v) is 4.89. The van der Waals surface area contributed by atoms with Crippen LogP contribution in [0.25, 0.3) is 10.8 Å². The Labute approximate surface area is 128 Å². The molecule has 2 nitrogen and oxygen atoms in total. The third kappa shape index (κ3) is 4.12. The van der Waals surface area contributed by atoms with E-state index in [1.54, 1.807) is 0 Å². The molecule has 110 valence electrons. The normalized spacial score (nSPS) is 12.2. The van der Waals surface area contributed by atoms with Gasteiger partial charge in [-0.1, -0.05) is 50.2 Å². The molecule has 0 aromatic heterocycles. The maximum atomic E-state index is 6.12. The summed E-state index contributed by atoms with van der Waals surface area (Å²) < 4.78 is 6.12. The van der Waals surface area contributed by atoms with Crippen LogP contribution in [0.1, 0.15) is 20.8 Å². The predicted molar refractivity (Wildman–Crippen MR) is 89.1 cm³/mol. The molecule has 0 aliphatic carbocycles. The van der Waals surface area contributed by atoms with Gasteiger partial charge in [0.1, 0.15) is 11.9 Å². The quantitative estimate of drug-likeness (QED) is 0.784. The van der Waals surface area contributed by atoms with Crippen molar-refractivity contribution in [3.8, 4) is 5.75 Å². The van der Waals surface area contributed by atoms with Crippen molar-refractivity contribution in [1.29, 1.82) is 0 Å². The molecule has 1 atom stereocenters. The minimum atomic E-state index is 0. The molecule has 0 saturated carbocycles. The number of halogens is 1. The average molecular weight is 294 g/mol. The second kappa shape index (κ2) is 8.13. The van der Waals surface area contributed by atoms with Gasteiger partial charge < -0.3 is 9.64 Å². The van der Waals surface area contributed by atoms with Crippen LogP contribution in [0.5, 0.6) is 5.75 Å². The van der Waals surface area contributed by atoms with E-state index >= 15 is 0 Å². The molecular formula is C17H24ClNO.